The van der Waals surface area contributed by atoms with E-state index in [2.05, 4.69) is 5.32 Å². The van der Waals surface area contributed by atoms with Crippen molar-refractivity contribution < 1.29 is 19.2 Å². The van der Waals surface area contributed by atoms with Gasteiger partial charge in [-0.1, -0.05) is 0 Å². The minimum absolute atomic E-state index is 0.257. The van der Waals surface area contributed by atoms with Crippen molar-refractivity contribution in [1.82, 2.24) is 10.4 Å². The van der Waals surface area contributed by atoms with Gasteiger partial charge in [-0.25, -0.2) is 9.86 Å². The number of alkyl carbamates (subject to hydrolysis) is 1. The third kappa shape index (κ3) is 8.71. The van der Waals surface area contributed by atoms with Crippen LogP contribution in [-0.4, -0.2) is 49.4 Å². The second kappa shape index (κ2) is 8.76. The van der Waals surface area contributed by atoms with E-state index < -0.39 is 17.7 Å². The fraction of sp³-hybridized carbons (Fsp3) is 0.846. The summed E-state index contributed by atoms with van der Waals surface area (Å²) in [4.78, 5) is 27.7. The van der Waals surface area contributed by atoms with Crippen molar-refractivity contribution in [2.45, 2.75) is 51.7 Å². The number of rotatable bonds is 7. The Kier molecular flexibility index (Phi) is 8.17. The largest absolute Gasteiger partial charge is 0.444 e. The molecule has 0 aromatic heterocycles. The lowest BCUT2D eigenvalue weighted by Gasteiger charge is -2.20. The first kappa shape index (κ1) is 18.7. The summed E-state index contributed by atoms with van der Waals surface area (Å²) in [5.74, 6) is -0.257. The molecule has 0 saturated heterocycles. The summed E-state index contributed by atoms with van der Waals surface area (Å²) in [6, 6.07) is -0.582. The molecule has 20 heavy (non-hydrogen) atoms. The maximum atomic E-state index is 11.6. The van der Waals surface area contributed by atoms with E-state index in [4.69, 9.17) is 15.3 Å². The van der Waals surface area contributed by atoms with Crippen molar-refractivity contribution in [3.63, 3.8) is 0 Å². The summed E-state index contributed by atoms with van der Waals surface area (Å²) in [6.07, 6.45) is 1.58. The number of carbonyl (C=O) groups excluding carboxylic acids is 2. The summed E-state index contributed by atoms with van der Waals surface area (Å²) < 4.78 is 5.10. The quantitative estimate of drug-likeness (QED) is 0.539. The monoisotopic (exact) mass is 289 g/mol. The summed E-state index contributed by atoms with van der Waals surface area (Å²) in [7, 11) is 2.93. The van der Waals surface area contributed by atoms with Crippen LogP contribution in [-0.2, 0) is 14.4 Å². The molecule has 1 unspecified atom stereocenters. The molecule has 7 nitrogen and oxygen atoms in total. The number of hydroxylamine groups is 2. The van der Waals surface area contributed by atoms with Crippen molar-refractivity contribution in [3.05, 3.63) is 0 Å². The van der Waals surface area contributed by atoms with Crippen LogP contribution in [0.4, 0.5) is 4.79 Å². The number of amides is 2. The highest BCUT2D eigenvalue weighted by molar-refractivity contribution is 5.80. The Morgan fingerprint density at radius 2 is 1.90 bits per heavy atom. The lowest BCUT2D eigenvalue weighted by Crippen LogP contribution is -2.41. The van der Waals surface area contributed by atoms with Crippen molar-refractivity contribution >= 4 is 12.0 Å². The maximum absolute atomic E-state index is 11.6. The molecule has 0 heterocycles. The number of ether oxygens (including phenoxy) is 1. The number of nitrogens with two attached hydrogens (primary N) is 1. The van der Waals surface area contributed by atoms with Crippen LogP contribution in [0.25, 0.3) is 0 Å². The second-order valence-electron chi connectivity index (χ2n) is 5.55. The molecule has 7 heteroatoms. The van der Waals surface area contributed by atoms with Gasteiger partial charge in [-0.3, -0.25) is 9.63 Å². The Bertz CT molecular complexity index is 315. The summed E-state index contributed by atoms with van der Waals surface area (Å²) in [5.41, 5.74) is 5.24. The Morgan fingerprint density at radius 1 is 1.30 bits per heavy atom. The predicted octanol–water partition coefficient (Wildman–Crippen LogP) is 1.03. The molecule has 0 aliphatic rings. The number of hydrogen-bond donors (Lipinski definition) is 2. The molecule has 0 fully saturated rings. The highest BCUT2D eigenvalue weighted by atomic mass is 16.7. The van der Waals surface area contributed by atoms with Crippen LogP contribution in [0.1, 0.15) is 40.0 Å². The molecule has 118 valence electrons. The van der Waals surface area contributed by atoms with Crippen LogP contribution in [0.15, 0.2) is 0 Å². The van der Waals surface area contributed by atoms with Crippen LogP contribution in [0.2, 0.25) is 0 Å². The number of nitrogens with zero attached hydrogens (tertiary/aromatic N) is 1. The first-order valence-electron chi connectivity index (χ1n) is 6.71. The molecule has 0 aliphatic heterocycles. The molecule has 0 aromatic rings. The molecule has 1 atom stereocenters. The zero-order valence-electron chi connectivity index (χ0n) is 13.1. The van der Waals surface area contributed by atoms with Gasteiger partial charge in [-0.2, -0.15) is 0 Å². The molecule has 0 saturated carbocycles. The average molecular weight is 289 g/mol. The Morgan fingerprint density at radius 3 is 2.40 bits per heavy atom. The molecule has 3 N–H and O–H groups in total. The third-order valence-electron chi connectivity index (χ3n) is 2.51. The molecular formula is C13H27N3O4. The van der Waals surface area contributed by atoms with Gasteiger partial charge < -0.3 is 15.8 Å². The predicted molar refractivity (Wildman–Crippen MR) is 75.8 cm³/mol. The lowest BCUT2D eigenvalue weighted by molar-refractivity contribution is -0.170. The molecule has 0 rings (SSSR count). The van der Waals surface area contributed by atoms with E-state index in [1.54, 1.807) is 0 Å². The van der Waals surface area contributed by atoms with Crippen LogP contribution >= 0.6 is 0 Å². The molecule has 2 amide bonds. The summed E-state index contributed by atoms with van der Waals surface area (Å²) in [5, 5.41) is 3.77. The maximum Gasteiger partial charge on any atom is 0.407 e. The SMILES string of the molecule is CON(C)C(=O)C(N)CCCCNC(=O)OC(C)(C)C. The van der Waals surface area contributed by atoms with Crippen LogP contribution in [0, 0.1) is 0 Å². The van der Waals surface area contributed by atoms with E-state index >= 15 is 0 Å². The van der Waals surface area contributed by atoms with Gasteiger partial charge in [0.05, 0.1) is 13.2 Å². The number of unbranched alkanes of at least 4 members (excludes halogenated alkanes) is 1. The molecule has 0 aliphatic carbocycles. The molecule has 0 spiro atoms. The minimum atomic E-state index is -0.582. The number of likely N-dealkylation sites (N-methyl/N-ethyl adjacent to an activating group) is 1. The van der Waals surface area contributed by atoms with Crippen LogP contribution in [0.3, 0.4) is 0 Å². The normalized spacial score (nSPS) is 12.7. The van der Waals surface area contributed by atoms with Gasteiger partial charge >= 0.3 is 6.09 Å². The standard InChI is InChI=1S/C13H27N3O4/c1-13(2,3)20-12(18)15-9-7-6-8-10(14)11(17)16(4)19-5/h10H,6-9,14H2,1-5H3,(H,15,18). The summed E-state index contributed by atoms with van der Waals surface area (Å²) in [6.45, 7) is 5.92. The van der Waals surface area contributed by atoms with E-state index in [1.165, 1.54) is 14.2 Å². The zero-order valence-corrected chi connectivity index (χ0v) is 13.1. The first-order chi connectivity index (χ1) is 9.17. The zero-order chi connectivity index (χ0) is 15.8. The molecular weight excluding hydrogens is 262 g/mol. The van der Waals surface area contributed by atoms with Gasteiger partial charge in [0.1, 0.15) is 5.60 Å². The number of hydrogen-bond acceptors (Lipinski definition) is 5. The Hall–Kier alpha value is -1.34. The van der Waals surface area contributed by atoms with E-state index in [0.29, 0.717) is 13.0 Å². The summed E-state index contributed by atoms with van der Waals surface area (Å²) >= 11 is 0. The smallest absolute Gasteiger partial charge is 0.407 e. The molecule has 0 radical (unpaired) electrons. The van der Waals surface area contributed by atoms with Crippen molar-refractivity contribution in [2.24, 2.45) is 5.73 Å². The minimum Gasteiger partial charge on any atom is -0.444 e. The van der Waals surface area contributed by atoms with Crippen LogP contribution < -0.4 is 11.1 Å². The fourth-order valence-corrected chi connectivity index (χ4v) is 1.44. The van der Waals surface area contributed by atoms with Crippen molar-refractivity contribution in [2.75, 3.05) is 20.7 Å². The first-order valence-corrected chi connectivity index (χ1v) is 6.71. The Balaban J connectivity index is 3.72. The second-order valence-corrected chi connectivity index (χ2v) is 5.55. The topological polar surface area (TPSA) is 93.9 Å². The van der Waals surface area contributed by atoms with Crippen LogP contribution in [0.5, 0.6) is 0 Å². The van der Waals surface area contributed by atoms with Gasteiger partial charge in [-0.15, -0.1) is 0 Å². The lowest BCUT2D eigenvalue weighted by atomic mass is 10.1. The van der Waals surface area contributed by atoms with Crippen molar-refractivity contribution in [1.29, 1.82) is 0 Å². The van der Waals surface area contributed by atoms with E-state index in [9.17, 15) is 9.59 Å². The Labute approximate surface area is 120 Å². The highest BCUT2D eigenvalue weighted by Crippen LogP contribution is 2.06. The van der Waals surface area contributed by atoms with E-state index in [-0.39, 0.29) is 5.91 Å². The van der Waals surface area contributed by atoms with E-state index in [0.717, 1.165) is 17.9 Å². The van der Waals surface area contributed by atoms with Gasteiger partial charge in [0, 0.05) is 13.6 Å². The highest BCUT2D eigenvalue weighted by Gasteiger charge is 2.18. The van der Waals surface area contributed by atoms with Gasteiger partial charge in [0.15, 0.2) is 0 Å². The number of carbonyl (C=O) groups is 2. The number of nitrogens with one attached hydrogen (secondary N) is 1. The van der Waals surface area contributed by atoms with E-state index in [1.807, 2.05) is 20.8 Å². The van der Waals surface area contributed by atoms with Gasteiger partial charge in [-0.05, 0) is 40.0 Å². The van der Waals surface area contributed by atoms with Gasteiger partial charge in [0.2, 0.25) is 0 Å². The average Bonchev–Trinajstić information content (AvgIpc) is 2.34. The molecule has 0 bridgehead atoms. The molecule has 0 aromatic carbocycles. The fourth-order valence-electron chi connectivity index (χ4n) is 1.44. The third-order valence-corrected chi connectivity index (χ3v) is 2.51. The van der Waals surface area contributed by atoms with Crippen molar-refractivity contribution in [3.8, 4) is 0 Å². The van der Waals surface area contributed by atoms with Gasteiger partial charge in [0.25, 0.3) is 5.91 Å².